The molecule has 5 heteroatoms. The standard InChI is InChI=1S/C17H21ClN2OS/c1-12-11-22-16(19-12)10-20-8-6-14(7-9-20)17(21)13-2-4-15(18)5-3-13/h2-5,11,14,17,21H,6-10H2,1H3. The van der Waals surface area contributed by atoms with E-state index in [1.54, 1.807) is 11.3 Å². The van der Waals surface area contributed by atoms with Gasteiger partial charge in [-0.1, -0.05) is 23.7 Å². The molecule has 1 saturated heterocycles. The van der Waals surface area contributed by atoms with E-state index in [1.165, 1.54) is 5.01 Å². The van der Waals surface area contributed by atoms with Gasteiger partial charge < -0.3 is 5.11 Å². The highest BCUT2D eigenvalue weighted by atomic mass is 35.5. The van der Waals surface area contributed by atoms with Gasteiger partial charge in [0.05, 0.1) is 12.6 Å². The molecule has 0 saturated carbocycles. The number of rotatable bonds is 4. The molecule has 1 aromatic heterocycles. The number of aliphatic hydroxyl groups is 1. The van der Waals surface area contributed by atoms with Crippen LogP contribution in [-0.4, -0.2) is 28.1 Å². The van der Waals surface area contributed by atoms with Crippen LogP contribution in [0.5, 0.6) is 0 Å². The predicted molar refractivity (Wildman–Crippen MR) is 91.3 cm³/mol. The first-order valence-electron chi connectivity index (χ1n) is 7.69. The zero-order valence-electron chi connectivity index (χ0n) is 12.7. The van der Waals surface area contributed by atoms with Gasteiger partial charge in [0, 0.05) is 16.1 Å². The number of hydrogen-bond donors (Lipinski definition) is 1. The molecule has 0 radical (unpaired) electrons. The largest absolute Gasteiger partial charge is 0.388 e. The smallest absolute Gasteiger partial charge is 0.107 e. The molecule has 0 bridgehead atoms. The number of aromatic nitrogens is 1. The van der Waals surface area contributed by atoms with E-state index in [0.717, 1.165) is 43.7 Å². The minimum atomic E-state index is -0.387. The van der Waals surface area contributed by atoms with Crippen LogP contribution in [-0.2, 0) is 6.54 Å². The molecule has 0 aliphatic carbocycles. The summed E-state index contributed by atoms with van der Waals surface area (Å²) in [5.74, 6) is 0.329. The van der Waals surface area contributed by atoms with Crippen molar-refractivity contribution >= 4 is 22.9 Å². The van der Waals surface area contributed by atoms with E-state index < -0.39 is 0 Å². The van der Waals surface area contributed by atoms with Gasteiger partial charge in [-0.25, -0.2) is 4.98 Å². The van der Waals surface area contributed by atoms with Gasteiger partial charge in [-0.2, -0.15) is 0 Å². The first-order valence-corrected chi connectivity index (χ1v) is 8.94. The highest BCUT2D eigenvalue weighted by molar-refractivity contribution is 7.09. The molecule has 1 N–H and O–H groups in total. The van der Waals surface area contributed by atoms with E-state index in [4.69, 9.17) is 11.6 Å². The Morgan fingerprint density at radius 3 is 2.59 bits per heavy atom. The average molecular weight is 337 g/mol. The molecule has 1 aliphatic rings. The normalized spacial score (nSPS) is 18.5. The van der Waals surface area contributed by atoms with Crippen molar-refractivity contribution in [3.8, 4) is 0 Å². The topological polar surface area (TPSA) is 36.4 Å². The molecule has 1 aromatic carbocycles. The van der Waals surface area contributed by atoms with Crippen molar-refractivity contribution in [2.45, 2.75) is 32.4 Å². The Hall–Kier alpha value is -0.940. The van der Waals surface area contributed by atoms with Crippen LogP contribution in [0.25, 0.3) is 0 Å². The molecule has 2 aromatic rings. The minimum absolute atomic E-state index is 0.329. The van der Waals surface area contributed by atoms with Gasteiger partial charge in [0.15, 0.2) is 0 Å². The number of aryl methyl sites for hydroxylation is 1. The lowest BCUT2D eigenvalue weighted by Gasteiger charge is -2.33. The Morgan fingerprint density at radius 1 is 1.32 bits per heavy atom. The zero-order valence-corrected chi connectivity index (χ0v) is 14.3. The monoisotopic (exact) mass is 336 g/mol. The van der Waals surface area contributed by atoms with Crippen molar-refractivity contribution < 1.29 is 5.11 Å². The van der Waals surface area contributed by atoms with Crippen LogP contribution in [0.3, 0.4) is 0 Å². The second-order valence-electron chi connectivity index (χ2n) is 5.99. The van der Waals surface area contributed by atoms with Crippen LogP contribution in [0.2, 0.25) is 5.02 Å². The molecule has 1 fully saturated rings. The fourth-order valence-corrected chi connectivity index (χ4v) is 3.96. The molecule has 2 heterocycles. The van der Waals surface area contributed by atoms with E-state index in [1.807, 2.05) is 31.2 Å². The predicted octanol–water partition coefficient (Wildman–Crippen LogP) is 4.05. The summed E-state index contributed by atoms with van der Waals surface area (Å²) in [6, 6.07) is 7.55. The Labute approximate surface area is 140 Å². The molecule has 118 valence electrons. The fourth-order valence-electron chi connectivity index (χ4n) is 3.03. The summed E-state index contributed by atoms with van der Waals surface area (Å²) in [4.78, 5) is 6.96. The van der Waals surface area contributed by atoms with Crippen LogP contribution in [0.1, 0.15) is 35.2 Å². The van der Waals surface area contributed by atoms with Crippen molar-refractivity contribution in [2.75, 3.05) is 13.1 Å². The summed E-state index contributed by atoms with van der Waals surface area (Å²) >= 11 is 7.64. The van der Waals surface area contributed by atoms with Gasteiger partial charge in [-0.05, 0) is 56.5 Å². The van der Waals surface area contributed by atoms with Crippen molar-refractivity contribution in [1.29, 1.82) is 0 Å². The van der Waals surface area contributed by atoms with Gasteiger partial charge in [0.25, 0.3) is 0 Å². The molecule has 1 unspecified atom stereocenters. The SMILES string of the molecule is Cc1csc(CN2CCC(C(O)c3ccc(Cl)cc3)CC2)n1. The van der Waals surface area contributed by atoms with Crippen molar-refractivity contribution in [3.05, 3.63) is 50.9 Å². The van der Waals surface area contributed by atoms with Gasteiger partial charge >= 0.3 is 0 Å². The molecular weight excluding hydrogens is 316 g/mol. The number of benzene rings is 1. The molecule has 22 heavy (non-hydrogen) atoms. The average Bonchev–Trinajstić information content (AvgIpc) is 2.93. The highest BCUT2D eigenvalue weighted by Gasteiger charge is 2.26. The van der Waals surface area contributed by atoms with Gasteiger partial charge in [0.2, 0.25) is 0 Å². The number of hydrogen-bond acceptors (Lipinski definition) is 4. The molecule has 1 aliphatic heterocycles. The summed E-state index contributed by atoms with van der Waals surface area (Å²) in [7, 11) is 0. The summed E-state index contributed by atoms with van der Waals surface area (Å²) < 4.78 is 0. The number of halogens is 1. The second-order valence-corrected chi connectivity index (χ2v) is 7.37. The van der Waals surface area contributed by atoms with Crippen LogP contribution in [0.4, 0.5) is 0 Å². The quantitative estimate of drug-likeness (QED) is 0.915. The van der Waals surface area contributed by atoms with Gasteiger partial charge in [-0.3, -0.25) is 4.90 Å². The van der Waals surface area contributed by atoms with Crippen LogP contribution in [0, 0.1) is 12.8 Å². The summed E-state index contributed by atoms with van der Waals surface area (Å²) in [6.07, 6.45) is 1.66. The lowest BCUT2D eigenvalue weighted by Crippen LogP contribution is -2.35. The molecular formula is C17H21ClN2OS. The number of nitrogens with zero attached hydrogens (tertiary/aromatic N) is 2. The highest BCUT2D eigenvalue weighted by Crippen LogP contribution is 2.31. The van der Waals surface area contributed by atoms with Crippen LogP contribution in [0.15, 0.2) is 29.6 Å². The van der Waals surface area contributed by atoms with Gasteiger partial charge in [0.1, 0.15) is 5.01 Å². The Kier molecular flexibility index (Phi) is 5.14. The van der Waals surface area contributed by atoms with Crippen LogP contribution < -0.4 is 0 Å². The molecule has 0 spiro atoms. The van der Waals surface area contributed by atoms with E-state index in [0.29, 0.717) is 10.9 Å². The number of thiazole rings is 1. The zero-order chi connectivity index (χ0) is 15.5. The van der Waals surface area contributed by atoms with E-state index in [-0.39, 0.29) is 6.10 Å². The first-order chi connectivity index (χ1) is 10.6. The number of likely N-dealkylation sites (tertiary alicyclic amines) is 1. The second kappa shape index (κ2) is 7.09. The van der Waals surface area contributed by atoms with Crippen molar-refractivity contribution in [2.24, 2.45) is 5.92 Å². The Morgan fingerprint density at radius 2 is 2.00 bits per heavy atom. The Balaban J connectivity index is 1.53. The number of aliphatic hydroxyl groups excluding tert-OH is 1. The summed E-state index contributed by atoms with van der Waals surface area (Å²) in [5.41, 5.74) is 2.08. The van der Waals surface area contributed by atoms with E-state index in [2.05, 4.69) is 15.3 Å². The minimum Gasteiger partial charge on any atom is -0.388 e. The lowest BCUT2D eigenvalue weighted by atomic mass is 9.87. The summed E-state index contributed by atoms with van der Waals surface area (Å²) in [6.45, 7) is 5.01. The van der Waals surface area contributed by atoms with E-state index >= 15 is 0 Å². The third-order valence-electron chi connectivity index (χ3n) is 4.32. The van der Waals surface area contributed by atoms with Crippen molar-refractivity contribution in [3.63, 3.8) is 0 Å². The maximum Gasteiger partial charge on any atom is 0.107 e. The van der Waals surface area contributed by atoms with Crippen LogP contribution >= 0.6 is 22.9 Å². The molecule has 3 nitrogen and oxygen atoms in total. The third kappa shape index (κ3) is 3.87. The third-order valence-corrected chi connectivity index (χ3v) is 5.52. The Bertz CT molecular complexity index is 605. The van der Waals surface area contributed by atoms with Gasteiger partial charge in [-0.15, -0.1) is 11.3 Å². The maximum absolute atomic E-state index is 10.5. The van der Waals surface area contributed by atoms with Crippen molar-refractivity contribution in [1.82, 2.24) is 9.88 Å². The summed E-state index contributed by atoms with van der Waals surface area (Å²) in [5, 5.41) is 14.5. The maximum atomic E-state index is 10.5. The molecule has 1 atom stereocenters. The number of piperidine rings is 1. The fraction of sp³-hybridized carbons (Fsp3) is 0.471. The lowest BCUT2D eigenvalue weighted by molar-refractivity contribution is 0.0567. The molecule has 3 rings (SSSR count). The first kappa shape index (κ1) is 15.9. The van der Waals surface area contributed by atoms with E-state index in [9.17, 15) is 5.11 Å². The molecule has 0 amide bonds.